The van der Waals surface area contributed by atoms with Crippen LogP contribution in [0.2, 0.25) is 10.0 Å². The molecule has 16 nitrogen and oxygen atoms in total. The minimum Gasteiger partial charge on any atom is -0.385 e. The number of benzene rings is 2. The summed E-state index contributed by atoms with van der Waals surface area (Å²) < 4.78 is 11.7. The molecule has 0 aliphatic heterocycles. The van der Waals surface area contributed by atoms with Gasteiger partial charge in [0.2, 0.25) is 11.8 Å². The number of aliphatic hydroxyl groups is 2. The lowest BCUT2D eigenvalue weighted by Crippen LogP contribution is -2.40. The first kappa shape index (κ1) is 41.8. The normalized spacial score (nSPS) is 20.5. The van der Waals surface area contributed by atoms with E-state index < -0.39 is 11.2 Å². The summed E-state index contributed by atoms with van der Waals surface area (Å²) in [6, 6.07) is 18.0. The Balaban J connectivity index is 0.000000141. The van der Waals surface area contributed by atoms with Crippen LogP contribution in [0.5, 0.6) is 0 Å². The highest BCUT2D eigenvalue weighted by Crippen LogP contribution is 2.51. The highest BCUT2D eigenvalue weighted by atomic mass is 35.5. The summed E-state index contributed by atoms with van der Waals surface area (Å²) in [4.78, 5) is 51.5. The van der Waals surface area contributed by atoms with Crippen LogP contribution < -0.4 is 11.1 Å². The molecule has 2 aliphatic carbocycles. The van der Waals surface area contributed by atoms with E-state index in [1.54, 1.807) is 48.8 Å². The number of pyridine rings is 2. The fourth-order valence-corrected chi connectivity index (χ4v) is 7.85. The Morgan fingerprint density at radius 3 is 1.70 bits per heavy atom. The van der Waals surface area contributed by atoms with Gasteiger partial charge in [0.15, 0.2) is 22.9 Å². The monoisotopic (exact) mass is 882 g/mol. The van der Waals surface area contributed by atoms with Crippen molar-refractivity contribution in [2.45, 2.75) is 75.0 Å². The fraction of sp³-hybridized carbons (Fsp3) is 0.286. The zero-order valence-corrected chi connectivity index (χ0v) is 34.9. The van der Waals surface area contributed by atoms with E-state index in [0.717, 1.165) is 22.3 Å². The van der Waals surface area contributed by atoms with Gasteiger partial charge in [-0.25, -0.2) is 19.9 Å². The fourth-order valence-electron chi connectivity index (χ4n) is 7.49. The number of nitrogens with zero attached hydrogens (tertiary/aromatic N) is 9. The van der Waals surface area contributed by atoms with Crippen LogP contribution >= 0.6 is 34.8 Å². The molecule has 312 valence electrons. The molecular formula is C42H37Cl3N10O6. The van der Waals surface area contributed by atoms with E-state index in [1.165, 1.54) is 17.2 Å². The molecule has 3 N–H and O–H groups in total. The third-order valence-corrected chi connectivity index (χ3v) is 11.6. The number of H-pyrrole nitrogens is 1. The minimum atomic E-state index is -0.917. The minimum absolute atomic E-state index is 0.0129. The zero-order chi connectivity index (χ0) is 42.9. The van der Waals surface area contributed by atoms with Crippen molar-refractivity contribution in [3.8, 4) is 0 Å². The van der Waals surface area contributed by atoms with Gasteiger partial charge in [-0.15, -0.1) is 11.6 Å². The van der Waals surface area contributed by atoms with Gasteiger partial charge in [0.1, 0.15) is 18.8 Å². The van der Waals surface area contributed by atoms with E-state index in [2.05, 4.69) is 45.2 Å². The Hall–Kier alpha value is -5.91. The molecule has 6 heterocycles. The van der Waals surface area contributed by atoms with Gasteiger partial charge in [-0.2, -0.15) is 9.97 Å². The molecule has 0 amide bonds. The molecule has 0 bridgehead atoms. The van der Waals surface area contributed by atoms with Crippen LogP contribution in [-0.4, -0.2) is 60.0 Å². The van der Waals surface area contributed by atoms with E-state index in [-0.39, 0.29) is 35.4 Å². The highest BCUT2D eigenvalue weighted by molar-refractivity contribution is 6.30. The summed E-state index contributed by atoms with van der Waals surface area (Å²) in [5, 5.41) is 31.6. The maximum Gasteiger partial charge on any atom is 0.263 e. The number of aryl methyl sites for hydroxylation is 2. The number of nitrogens with one attached hydrogen (secondary N) is 1. The maximum atomic E-state index is 12.8. The van der Waals surface area contributed by atoms with Gasteiger partial charge in [-0.05, 0) is 98.2 Å². The van der Waals surface area contributed by atoms with Crippen LogP contribution in [0.3, 0.4) is 0 Å². The van der Waals surface area contributed by atoms with Gasteiger partial charge in [-0.1, -0.05) is 57.8 Å². The number of hydrogen-bond donors (Lipinski definition) is 3. The molecule has 0 saturated heterocycles. The van der Waals surface area contributed by atoms with E-state index in [9.17, 15) is 19.8 Å². The Bertz CT molecular complexity index is 2940. The number of alkyl halides is 1. The van der Waals surface area contributed by atoms with E-state index in [0.29, 0.717) is 81.2 Å². The number of aromatic nitrogens is 10. The van der Waals surface area contributed by atoms with Gasteiger partial charge in [0.25, 0.3) is 11.1 Å². The van der Waals surface area contributed by atoms with Gasteiger partial charge >= 0.3 is 0 Å². The lowest BCUT2D eigenvalue weighted by atomic mass is 9.67. The summed E-state index contributed by atoms with van der Waals surface area (Å²) in [5.41, 5.74) is 2.24. The maximum absolute atomic E-state index is 12.8. The highest BCUT2D eigenvalue weighted by Gasteiger charge is 2.47. The van der Waals surface area contributed by atoms with Crippen LogP contribution in [0, 0.1) is 13.8 Å². The Labute approximate surface area is 361 Å². The van der Waals surface area contributed by atoms with Crippen LogP contribution in [0.15, 0.2) is 104 Å². The number of halogens is 3. The van der Waals surface area contributed by atoms with Crippen molar-refractivity contribution >= 4 is 56.9 Å². The lowest BCUT2D eigenvalue weighted by molar-refractivity contribution is -0.0576. The Morgan fingerprint density at radius 1 is 0.705 bits per heavy atom. The van der Waals surface area contributed by atoms with Crippen molar-refractivity contribution in [2.75, 3.05) is 0 Å². The first-order valence-electron chi connectivity index (χ1n) is 19.1. The SMILES string of the molecule is Cc1ccnc2nc[nH]c(=O)c12.Cc1ccnc2ncn(Cc3nc(C4CC(O)(c5ccc(Cl)cc5)C4)no3)c(=O)c12.OC1(c2ccc(Cl)cc2)CC(c2noc(CCl)n2)C1. The van der Waals surface area contributed by atoms with Crippen molar-refractivity contribution in [3.63, 3.8) is 0 Å². The third kappa shape index (κ3) is 8.81. The predicted molar refractivity (Wildman–Crippen MR) is 225 cm³/mol. The molecule has 2 fully saturated rings. The van der Waals surface area contributed by atoms with Gasteiger partial charge < -0.3 is 24.2 Å². The van der Waals surface area contributed by atoms with Gasteiger partial charge in [0.05, 0.1) is 28.3 Å². The second kappa shape index (κ2) is 17.2. The molecule has 19 heteroatoms. The average Bonchev–Trinajstić information content (AvgIpc) is 3.91. The van der Waals surface area contributed by atoms with Crippen molar-refractivity contribution in [1.29, 1.82) is 0 Å². The smallest absolute Gasteiger partial charge is 0.263 e. The average molecular weight is 884 g/mol. The molecule has 0 spiro atoms. The summed E-state index contributed by atoms with van der Waals surface area (Å²) in [6.45, 7) is 3.83. The first-order valence-corrected chi connectivity index (χ1v) is 20.4. The molecule has 61 heavy (non-hydrogen) atoms. The second-order valence-electron chi connectivity index (χ2n) is 15.1. The predicted octanol–water partition coefficient (Wildman–Crippen LogP) is 6.80. The van der Waals surface area contributed by atoms with Crippen molar-refractivity contribution in [3.05, 3.63) is 162 Å². The molecule has 8 aromatic rings. The van der Waals surface area contributed by atoms with Crippen LogP contribution in [0.4, 0.5) is 0 Å². The standard InChI is InChI=1S/C21H18ClN5O3.C13H12Cl2N2O2.C8H7N3O/c1-12-6-7-23-19-17(12)20(28)27(11-24-19)10-16-25-18(26-30-16)13-8-21(29,9-13)14-2-4-15(22)5-3-14;14-7-11-16-12(17-19-11)8-5-13(18,6-8)9-1-3-10(15)4-2-9;1-5-2-3-9-7-6(5)8(12)11-4-10-7/h2-7,11,13,29H,8-10H2,1H3;1-4,8,18H,5-7H2;2-4H,1H3,(H,9,10,11,12). The number of fused-ring (bicyclic) bond motifs is 2. The quantitative estimate of drug-likeness (QED) is 0.140. The van der Waals surface area contributed by atoms with E-state index in [1.807, 2.05) is 38.1 Å². The number of rotatable bonds is 7. The molecule has 6 aromatic heterocycles. The lowest BCUT2D eigenvalue weighted by Gasteiger charge is -2.42. The molecule has 0 unspecified atom stereocenters. The van der Waals surface area contributed by atoms with Crippen molar-refractivity contribution < 1.29 is 19.3 Å². The van der Waals surface area contributed by atoms with E-state index in [4.69, 9.17) is 43.8 Å². The number of aromatic amines is 1. The molecule has 2 saturated carbocycles. The van der Waals surface area contributed by atoms with Crippen molar-refractivity contribution in [1.82, 2.24) is 49.8 Å². The molecule has 0 atom stereocenters. The van der Waals surface area contributed by atoms with Gasteiger partial charge in [-0.3, -0.25) is 14.2 Å². The Morgan fingerprint density at radius 2 is 1.20 bits per heavy atom. The Kier molecular flexibility index (Phi) is 11.8. The molecule has 2 aromatic carbocycles. The summed E-state index contributed by atoms with van der Waals surface area (Å²) in [5.74, 6) is 2.19. The molecule has 2 aliphatic rings. The second-order valence-corrected chi connectivity index (χ2v) is 16.2. The summed E-state index contributed by atoms with van der Waals surface area (Å²) >= 11 is 17.4. The molecule has 0 radical (unpaired) electrons. The van der Waals surface area contributed by atoms with Crippen molar-refractivity contribution in [2.24, 2.45) is 0 Å². The topological polar surface area (TPSA) is 225 Å². The van der Waals surface area contributed by atoms with Crippen LogP contribution in [0.25, 0.3) is 22.1 Å². The third-order valence-electron chi connectivity index (χ3n) is 10.9. The van der Waals surface area contributed by atoms with Crippen LogP contribution in [-0.2, 0) is 23.6 Å². The number of hydrogen-bond acceptors (Lipinski definition) is 14. The zero-order valence-electron chi connectivity index (χ0n) is 32.7. The van der Waals surface area contributed by atoms with Crippen LogP contribution in [0.1, 0.15) is 83.2 Å². The summed E-state index contributed by atoms with van der Waals surface area (Å²) in [7, 11) is 0. The van der Waals surface area contributed by atoms with Gasteiger partial charge in [0, 0.05) is 34.3 Å². The first-order chi connectivity index (χ1) is 29.3. The molecular weight excluding hydrogens is 847 g/mol. The summed E-state index contributed by atoms with van der Waals surface area (Å²) in [6.07, 6.45) is 8.21. The largest absolute Gasteiger partial charge is 0.385 e. The molecule has 10 rings (SSSR count). The van der Waals surface area contributed by atoms with E-state index >= 15 is 0 Å².